The first-order valence-electron chi connectivity index (χ1n) is 7.73. The molecular weight excluding hydrogens is 308 g/mol. The number of pyridine rings is 1. The summed E-state index contributed by atoms with van der Waals surface area (Å²) >= 11 is 0. The van der Waals surface area contributed by atoms with Gasteiger partial charge in [0.2, 0.25) is 5.88 Å². The summed E-state index contributed by atoms with van der Waals surface area (Å²) in [6.45, 7) is 4.99. The largest absolute Gasteiger partial charge is 0.438 e. The number of aromatic nitrogens is 1. The molecule has 24 heavy (non-hydrogen) atoms. The van der Waals surface area contributed by atoms with Crippen LogP contribution in [0.2, 0.25) is 0 Å². The fourth-order valence-electron chi connectivity index (χ4n) is 2.54. The van der Waals surface area contributed by atoms with Crippen LogP contribution in [-0.4, -0.2) is 42.3 Å². The van der Waals surface area contributed by atoms with Crippen LogP contribution in [-0.2, 0) is 4.74 Å². The fourth-order valence-corrected chi connectivity index (χ4v) is 2.54. The second-order valence-corrected chi connectivity index (χ2v) is 5.49. The second kappa shape index (κ2) is 7.18. The van der Waals surface area contributed by atoms with Gasteiger partial charge in [-0.25, -0.2) is 4.98 Å². The Balaban J connectivity index is 1.87. The minimum Gasteiger partial charge on any atom is -0.438 e. The Morgan fingerprint density at radius 2 is 2.08 bits per heavy atom. The van der Waals surface area contributed by atoms with E-state index in [2.05, 4.69) is 15.0 Å². The van der Waals surface area contributed by atoms with E-state index >= 15 is 0 Å². The molecule has 3 N–H and O–H groups in total. The number of hydrogen-bond acceptors (Lipinski definition) is 6. The predicted octanol–water partition coefficient (Wildman–Crippen LogP) is 2.11. The number of hydrogen-bond donors (Lipinski definition) is 2. The van der Waals surface area contributed by atoms with Gasteiger partial charge in [0.05, 0.1) is 18.8 Å². The number of oxime groups is 1. The van der Waals surface area contributed by atoms with Crippen molar-refractivity contribution in [3.05, 3.63) is 47.7 Å². The molecule has 1 aliphatic heterocycles. The van der Waals surface area contributed by atoms with Gasteiger partial charge in [-0.3, -0.25) is 0 Å². The molecule has 1 aliphatic rings. The molecule has 1 aromatic carbocycles. The van der Waals surface area contributed by atoms with Gasteiger partial charge < -0.3 is 25.3 Å². The SMILES string of the molecule is Cc1ccc(/C(N)=N/O)c(Oc2cccc(N3CCOCC3)c2)n1. The molecule has 0 radical (unpaired) electrons. The Hall–Kier alpha value is -2.80. The van der Waals surface area contributed by atoms with E-state index in [1.165, 1.54) is 0 Å². The van der Waals surface area contributed by atoms with Gasteiger partial charge in [-0.1, -0.05) is 11.2 Å². The third-order valence-electron chi connectivity index (χ3n) is 3.79. The number of amidine groups is 1. The van der Waals surface area contributed by atoms with Crippen LogP contribution in [0.15, 0.2) is 41.6 Å². The topological polar surface area (TPSA) is 93.2 Å². The monoisotopic (exact) mass is 328 g/mol. The van der Waals surface area contributed by atoms with Crippen molar-refractivity contribution in [1.82, 2.24) is 4.98 Å². The maximum Gasteiger partial charge on any atom is 0.230 e. The maximum atomic E-state index is 8.92. The zero-order valence-electron chi connectivity index (χ0n) is 13.5. The van der Waals surface area contributed by atoms with Crippen molar-refractivity contribution in [3.8, 4) is 11.6 Å². The third-order valence-corrected chi connectivity index (χ3v) is 3.79. The van der Waals surface area contributed by atoms with Gasteiger partial charge in [-0.15, -0.1) is 0 Å². The van der Waals surface area contributed by atoms with Gasteiger partial charge in [0.25, 0.3) is 0 Å². The molecular formula is C17H20N4O3. The molecule has 0 aliphatic carbocycles. The number of benzene rings is 1. The van der Waals surface area contributed by atoms with Crippen LogP contribution in [0, 0.1) is 6.92 Å². The molecule has 7 nitrogen and oxygen atoms in total. The average molecular weight is 328 g/mol. The Kier molecular flexibility index (Phi) is 4.81. The van der Waals surface area contributed by atoms with Gasteiger partial charge in [0.1, 0.15) is 5.75 Å². The van der Waals surface area contributed by atoms with Gasteiger partial charge in [-0.2, -0.15) is 0 Å². The molecule has 1 aromatic heterocycles. The standard InChI is InChI=1S/C17H20N4O3/c1-12-5-6-15(16(18)20-22)17(19-12)24-14-4-2-3-13(11-14)21-7-9-23-10-8-21/h2-6,11,22H,7-10H2,1H3,(H2,18,20). The average Bonchev–Trinajstić information content (AvgIpc) is 2.62. The number of anilines is 1. The van der Waals surface area contributed by atoms with Crippen molar-refractivity contribution in [2.24, 2.45) is 10.9 Å². The summed E-state index contributed by atoms with van der Waals surface area (Å²) in [5.41, 5.74) is 7.99. The molecule has 0 saturated carbocycles. The van der Waals surface area contributed by atoms with Crippen LogP contribution in [0.4, 0.5) is 5.69 Å². The molecule has 0 amide bonds. The van der Waals surface area contributed by atoms with E-state index in [0.29, 0.717) is 17.2 Å². The summed E-state index contributed by atoms with van der Waals surface area (Å²) in [4.78, 5) is 6.59. The quantitative estimate of drug-likeness (QED) is 0.386. The number of rotatable bonds is 4. The summed E-state index contributed by atoms with van der Waals surface area (Å²) < 4.78 is 11.3. The van der Waals surface area contributed by atoms with Gasteiger partial charge >= 0.3 is 0 Å². The van der Waals surface area contributed by atoms with E-state index in [-0.39, 0.29) is 5.84 Å². The number of aryl methyl sites for hydroxylation is 1. The Bertz CT molecular complexity index is 742. The molecule has 0 atom stereocenters. The molecule has 3 rings (SSSR count). The molecule has 1 fully saturated rings. The van der Waals surface area contributed by atoms with Crippen LogP contribution in [0.3, 0.4) is 0 Å². The lowest BCUT2D eigenvalue weighted by atomic mass is 10.2. The highest BCUT2D eigenvalue weighted by Crippen LogP contribution is 2.27. The highest BCUT2D eigenvalue weighted by Gasteiger charge is 2.14. The lowest BCUT2D eigenvalue weighted by molar-refractivity contribution is 0.122. The lowest BCUT2D eigenvalue weighted by Crippen LogP contribution is -2.36. The van der Waals surface area contributed by atoms with Crippen LogP contribution in [0.25, 0.3) is 0 Å². The third kappa shape index (κ3) is 3.57. The lowest BCUT2D eigenvalue weighted by Gasteiger charge is -2.29. The molecule has 0 spiro atoms. The fraction of sp³-hybridized carbons (Fsp3) is 0.294. The first kappa shape index (κ1) is 16.1. The van der Waals surface area contributed by atoms with Crippen molar-refractivity contribution in [2.75, 3.05) is 31.2 Å². The number of nitrogens with two attached hydrogens (primary N) is 1. The Morgan fingerprint density at radius 1 is 1.29 bits per heavy atom. The predicted molar refractivity (Wildman–Crippen MR) is 91.0 cm³/mol. The molecule has 0 unspecified atom stereocenters. The van der Waals surface area contributed by atoms with Crippen molar-refractivity contribution >= 4 is 11.5 Å². The van der Waals surface area contributed by atoms with Gasteiger partial charge in [-0.05, 0) is 31.2 Å². The summed E-state index contributed by atoms with van der Waals surface area (Å²) in [5, 5.41) is 12.0. The van der Waals surface area contributed by atoms with E-state index < -0.39 is 0 Å². The molecule has 2 heterocycles. The summed E-state index contributed by atoms with van der Waals surface area (Å²) in [6.07, 6.45) is 0. The summed E-state index contributed by atoms with van der Waals surface area (Å²) in [5.74, 6) is 0.912. The maximum absolute atomic E-state index is 8.92. The van der Waals surface area contributed by atoms with Crippen molar-refractivity contribution in [2.45, 2.75) is 6.92 Å². The first-order chi connectivity index (χ1) is 11.7. The Morgan fingerprint density at radius 3 is 2.83 bits per heavy atom. The minimum absolute atomic E-state index is 0.0400. The summed E-state index contributed by atoms with van der Waals surface area (Å²) in [7, 11) is 0. The van der Waals surface area contributed by atoms with Crippen molar-refractivity contribution in [3.63, 3.8) is 0 Å². The van der Waals surface area contributed by atoms with E-state index in [4.69, 9.17) is 20.4 Å². The number of ether oxygens (including phenoxy) is 2. The van der Waals surface area contributed by atoms with Gasteiger partial charge in [0.15, 0.2) is 5.84 Å². The number of morpholine rings is 1. The van der Waals surface area contributed by atoms with E-state index in [0.717, 1.165) is 37.7 Å². The molecule has 0 bridgehead atoms. The van der Waals surface area contributed by atoms with Crippen LogP contribution < -0.4 is 15.4 Å². The van der Waals surface area contributed by atoms with E-state index in [9.17, 15) is 0 Å². The number of nitrogens with zero attached hydrogens (tertiary/aromatic N) is 3. The van der Waals surface area contributed by atoms with Crippen molar-refractivity contribution < 1.29 is 14.7 Å². The van der Waals surface area contributed by atoms with Gasteiger partial charge in [0, 0.05) is 30.5 Å². The highest BCUT2D eigenvalue weighted by molar-refractivity contribution is 5.99. The van der Waals surface area contributed by atoms with Crippen LogP contribution in [0.1, 0.15) is 11.3 Å². The van der Waals surface area contributed by atoms with Crippen LogP contribution in [0.5, 0.6) is 11.6 Å². The van der Waals surface area contributed by atoms with E-state index in [1.807, 2.05) is 31.2 Å². The molecule has 1 saturated heterocycles. The molecule has 7 heteroatoms. The Labute approximate surface area is 140 Å². The van der Waals surface area contributed by atoms with Crippen LogP contribution >= 0.6 is 0 Å². The smallest absolute Gasteiger partial charge is 0.230 e. The molecule has 2 aromatic rings. The molecule has 126 valence electrons. The highest BCUT2D eigenvalue weighted by atomic mass is 16.5. The first-order valence-corrected chi connectivity index (χ1v) is 7.73. The second-order valence-electron chi connectivity index (χ2n) is 5.49. The normalized spacial score (nSPS) is 15.4. The zero-order chi connectivity index (χ0) is 16.9. The van der Waals surface area contributed by atoms with E-state index in [1.54, 1.807) is 12.1 Å². The minimum atomic E-state index is -0.0400. The van der Waals surface area contributed by atoms with Crippen molar-refractivity contribution in [1.29, 1.82) is 0 Å². The summed E-state index contributed by atoms with van der Waals surface area (Å²) in [6, 6.07) is 11.3. The zero-order valence-corrected chi connectivity index (χ0v) is 13.5.